The number of amides is 2. The van der Waals surface area contributed by atoms with Crippen LogP contribution in [0.3, 0.4) is 0 Å². The van der Waals surface area contributed by atoms with Crippen LogP contribution in [0, 0.1) is 12.8 Å². The Morgan fingerprint density at radius 3 is 2.74 bits per heavy atom. The maximum atomic E-state index is 12.8. The van der Waals surface area contributed by atoms with Gasteiger partial charge in [0, 0.05) is 42.0 Å². The van der Waals surface area contributed by atoms with Gasteiger partial charge < -0.3 is 19.9 Å². The molecule has 2 amide bonds. The van der Waals surface area contributed by atoms with E-state index in [-0.39, 0.29) is 23.5 Å². The number of fused-ring (bicyclic) bond motifs is 1. The maximum absolute atomic E-state index is 12.8. The Kier molecular flexibility index (Phi) is 6.31. The first-order valence-corrected chi connectivity index (χ1v) is 11.7. The van der Waals surface area contributed by atoms with E-state index < -0.39 is 0 Å². The number of ether oxygens (including phenoxy) is 1. The van der Waals surface area contributed by atoms with E-state index in [0.717, 1.165) is 55.2 Å². The van der Waals surface area contributed by atoms with Crippen molar-refractivity contribution in [3.63, 3.8) is 0 Å². The van der Waals surface area contributed by atoms with Crippen LogP contribution in [0.25, 0.3) is 10.9 Å². The molecule has 3 heterocycles. The third-order valence-corrected chi connectivity index (χ3v) is 6.92. The number of rotatable bonds is 5. The largest absolute Gasteiger partial charge is 0.370 e. The number of aromatic nitrogens is 1. The van der Waals surface area contributed by atoms with Gasteiger partial charge in [-0.2, -0.15) is 0 Å². The van der Waals surface area contributed by atoms with Crippen molar-refractivity contribution in [1.29, 1.82) is 0 Å². The maximum Gasteiger partial charge on any atom is 0.268 e. The Morgan fingerprint density at radius 2 is 2.03 bits per heavy atom. The predicted octanol–water partition coefficient (Wildman–Crippen LogP) is 4.45. The van der Waals surface area contributed by atoms with E-state index in [1.807, 2.05) is 30.0 Å². The lowest BCUT2D eigenvalue weighted by molar-refractivity contribution is -0.138. The number of nitrogens with one attached hydrogen (secondary N) is 2. The molecule has 0 bridgehead atoms. The number of carbonyl (C=O) groups is 2. The molecule has 0 saturated carbocycles. The minimum atomic E-state index is -0.141. The summed E-state index contributed by atoms with van der Waals surface area (Å²) in [5.74, 6) is 0.516. The van der Waals surface area contributed by atoms with Crippen molar-refractivity contribution >= 4 is 34.3 Å². The van der Waals surface area contributed by atoms with E-state index in [0.29, 0.717) is 29.6 Å². The van der Waals surface area contributed by atoms with E-state index in [1.165, 1.54) is 0 Å². The Balaban J connectivity index is 1.30. The summed E-state index contributed by atoms with van der Waals surface area (Å²) < 4.78 is 6.41. The van der Waals surface area contributed by atoms with Crippen LogP contribution in [0.2, 0.25) is 5.02 Å². The molecule has 2 aliphatic heterocycles. The third kappa shape index (κ3) is 4.75. The number of likely N-dealkylation sites (tertiary alicyclic amines) is 1. The molecule has 1 atom stereocenters. The van der Waals surface area contributed by atoms with Gasteiger partial charge in [0.25, 0.3) is 5.91 Å². The summed E-state index contributed by atoms with van der Waals surface area (Å²) in [6.07, 6.45) is 4.31. The number of aromatic amines is 1. The highest BCUT2D eigenvalue weighted by Gasteiger charge is 2.43. The molecule has 31 heavy (non-hydrogen) atoms. The van der Waals surface area contributed by atoms with Crippen LogP contribution in [-0.4, -0.2) is 53.0 Å². The van der Waals surface area contributed by atoms with Crippen LogP contribution < -0.4 is 5.32 Å². The molecule has 0 radical (unpaired) electrons. The number of H-pyrrole nitrogens is 1. The summed E-state index contributed by atoms with van der Waals surface area (Å²) in [6, 6.07) is 5.58. The second-order valence-corrected chi connectivity index (χ2v) is 9.90. The fourth-order valence-electron chi connectivity index (χ4n) is 4.87. The van der Waals surface area contributed by atoms with Crippen LogP contribution in [0.4, 0.5) is 0 Å². The Hall–Kier alpha value is -2.05. The molecule has 2 N–H and O–H groups in total. The first kappa shape index (κ1) is 22.2. The summed E-state index contributed by atoms with van der Waals surface area (Å²) in [4.78, 5) is 30.3. The van der Waals surface area contributed by atoms with Gasteiger partial charge in [-0.25, -0.2) is 0 Å². The summed E-state index contributed by atoms with van der Waals surface area (Å²) in [5, 5.41) is 4.66. The number of carbonyl (C=O) groups excluding carboxylic acids is 2. The van der Waals surface area contributed by atoms with Crippen LogP contribution in [0.5, 0.6) is 0 Å². The number of aryl methyl sites for hydroxylation is 1. The van der Waals surface area contributed by atoms with Crippen molar-refractivity contribution in [3.8, 4) is 0 Å². The zero-order valence-electron chi connectivity index (χ0n) is 18.6. The molecule has 7 heteroatoms. The summed E-state index contributed by atoms with van der Waals surface area (Å²) in [7, 11) is 0. The van der Waals surface area contributed by atoms with E-state index in [9.17, 15) is 9.59 Å². The first-order valence-electron chi connectivity index (χ1n) is 11.3. The van der Waals surface area contributed by atoms with E-state index in [4.69, 9.17) is 16.3 Å². The molecule has 2 fully saturated rings. The Morgan fingerprint density at radius 1 is 1.29 bits per heavy atom. The molecular weight excluding hydrogens is 414 g/mol. The minimum absolute atomic E-state index is 0.0148. The van der Waals surface area contributed by atoms with Gasteiger partial charge >= 0.3 is 0 Å². The standard InChI is InChI=1S/C24H32ClN3O3/c1-15(2)12-21(29)28-10-8-24(9-11-28)7-6-18(31-24)14-26-23(30)22-16(3)19-13-17(25)4-5-20(19)27-22/h4-5,13,15,18,27H,6-12,14H2,1-3H3,(H,26,30). The number of piperidine rings is 1. The summed E-state index contributed by atoms with van der Waals surface area (Å²) in [6.45, 7) is 8.11. The van der Waals surface area contributed by atoms with Crippen LogP contribution >= 0.6 is 11.6 Å². The first-order chi connectivity index (χ1) is 14.8. The minimum Gasteiger partial charge on any atom is -0.370 e. The normalized spacial score (nSPS) is 20.7. The molecule has 1 unspecified atom stereocenters. The van der Waals surface area contributed by atoms with Gasteiger partial charge in [-0.1, -0.05) is 25.4 Å². The number of benzene rings is 1. The van der Waals surface area contributed by atoms with Crippen molar-refractivity contribution in [1.82, 2.24) is 15.2 Å². The zero-order valence-corrected chi connectivity index (χ0v) is 19.3. The predicted molar refractivity (Wildman–Crippen MR) is 122 cm³/mol. The van der Waals surface area contributed by atoms with Gasteiger partial charge in [0.1, 0.15) is 5.69 Å². The Bertz CT molecular complexity index is 976. The fourth-order valence-corrected chi connectivity index (χ4v) is 5.04. The number of nitrogens with zero attached hydrogens (tertiary/aromatic N) is 1. The average Bonchev–Trinajstić information content (AvgIpc) is 3.27. The van der Waals surface area contributed by atoms with Crippen molar-refractivity contribution in [2.75, 3.05) is 19.6 Å². The molecule has 1 spiro atoms. The van der Waals surface area contributed by atoms with Crippen LogP contribution in [-0.2, 0) is 9.53 Å². The summed E-state index contributed by atoms with van der Waals surface area (Å²) >= 11 is 6.09. The molecule has 4 rings (SSSR count). The lowest BCUT2D eigenvalue weighted by atomic mass is 9.88. The smallest absolute Gasteiger partial charge is 0.268 e. The van der Waals surface area contributed by atoms with Crippen molar-refractivity contribution < 1.29 is 14.3 Å². The quantitative estimate of drug-likeness (QED) is 0.714. The van der Waals surface area contributed by atoms with E-state index >= 15 is 0 Å². The molecule has 0 aliphatic carbocycles. The van der Waals surface area contributed by atoms with Crippen LogP contribution in [0.1, 0.15) is 62.0 Å². The monoisotopic (exact) mass is 445 g/mol. The van der Waals surface area contributed by atoms with Crippen molar-refractivity contribution in [3.05, 3.63) is 34.5 Å². The van der Waals surface area contributed by atoms with Gasteiger partial charge in [0.05, 0.1) is 11.7 Å². The van der Waals surface area contributed by atoms with Crippen molar-refractivity contribution in [2.24, 2.45) is 5.92 Å². The SMILES string of the molecule is Cc1c(C(=O)NCC2CCC3(CCN(C(=O)CC(C)C)CC3)O2)[nH]c2ccc(Cl)cc12. The van der Waals surface area contributed by atoms with Gasteiger partial charge in [-0.15, -0.1) is 0 Å². The number of halogens is 1. The van der Waals surface area contributed by atoms with Crippen molar-refractivity contribution in [2.45, 2.75) is 64.6 Å². The second kappa shape index (κ2) is 8.83. The molecule has 2 aromatic rings. The number of hydrogen-bond acceptors (Lipinski definition) is 3. The molecule has 1 aromatic carbocycles. The molecule has 2 saturated heterocycles. The molecule has 2 aliphatic rings. The highest BCUT2D eigenvalue weighted by Crippen LogP contribution is 2.39. The van der Waals surface area contributed by atoms with E-state index in [1.54, 1.807) is 0 Å². The molecule has 168 valence electrons. The van der Waals surface area contributed by atoms with Gasteiger partial charge in [-0.05, 0) is 62.3 Å². The van der Waals surface area contributed by atoms with Crippen LogP contribution in [0.15, 0.2) is 18.2 Å². The highest BCUT2D eigenvalue weighted by atomic mass is 35.5. The van der Waals surface area contributed by atoms with E-state index in [2.05, 4.69) is 24.1 Å². The third-order valence-electron chi connectivity index (χ3n) is 6.69. The summed E-state index contributed by atoms with van der Waals surface area (Å²) in [5.41, 5.74) is 2.23. The fraction of sp³-hybridized carbons (Fsp3) is 0.583. The highest BCUT2D eigenvalue weighted by molar-refractivity contribution is 6.31. The molecular formula is C24H32ClN3O3. The molecule has 6 nitrogen and oxygen atoms in total. The van der Waals surface area contributed by atoms with Gasteiger partial charge in [0.2, 0.25) is 5.91 Å². The topological polar surface area (TPSA) is 74.4 Å². The van der Waals surface area contributed by atoms with Gasteiger partial charge in [-0.3, -0.25) is 9.59 Å². The Labute approximate surface area is 188 Å². The number of hydrogen-bond donors (Lipinski definition) is 2. The lowest BCUT2D eigenvalue weighted by Gasteiger charge is -2.39. The molecule has 1 aromatic heterocycles. The zero-order chi connectivity index (χ0) is 22.2. The lowest BCUT2D eigenvalue weighted by Crippen LogP contribution is -2.47. The van der Waals surface area contributed by atoms with Gasteiger partial charge in [0.15, 0.2) is 0 Å². The average molecular weight is 446 g/mol. The second-order valence-electron chi connectivity index (χ2n) is 9.47.